The molecule has 7 nitrogen and oxygen atoms in total. The zero-order chi connectivity index (χ0) is 18.0. The standard InChI is InChI=1S/C17H18ClN3O4/c1-11-15(9-19-21(11)13-4-2-3-12(18)7-13)17(24)20-5-6-25-10-14(20)8-16(22)23/h2-4,7,9,14H,5-6,8,10H2,1H3,(H,22,23). The minimum absolute atomic E-state index is 0.146. The Bertz CT molecular complexity index is 805. The summed E-state index contributed by atoms with van der Waals surface area (Å²) in [5.41, 5.74) is 1.87. The first-order chi connectivity index (χ1) is 12.0. The third-order valence-corrected chi connectivity index (χ3v) is 4.43. The number of carbonyl (C=O) groups excluding carboxylic acids is 1. The maximum atomic E-state index is 12.9. The second-order valence-corrected chi connectivity index (χ2v) is 6.30. The van der Waals surface area contributed by atoms with E-state index in [1.54, 1.807) is 28.6 Å². The van der Waals surface area contributed by atoms with Crippen molar-refractivity contribution in [2.45, 2.75) is 19.4 Å². The molecule has 1 atom stereocenters. The third kappa shape index (κ3) is 3.67. The van der Waals surface area contributed by atoms with E-state index in [1.807, 2.05) is 12.1 Å². The molecule has 8 heteroatoms. The SMILES string of the molecule is Cc1c(C(=O)N2CCOCC2CC(=O)O)cnn1-c1cccc(Cl)c1. The quantitative estimate of drug-likeness (QED) is 0.899. The number of rotatable bonds is 4. The molecule has 1 aromatic carbocycles. The van der Waals surface area contributed by atoms with Crippen molar-refractivity contribution in [1.82, 2.24) is 14.7 Å². The molecular weight excluding hydrogens is 346 g/mol. The van der Waals surface area contributed by atoms with E-state index in [1.165, 1.54) is 6.20 Å². The molecule has 0 spiro atoms. The lowest BCUT2D eigenvalue weighted by Gasteiger charge is -2.34. The van der Waals surface area contributed by atoms with Gasteiger partial charge in [-0.25, -0.2) is 4.68 Å². The van der Waals surface area contributed by atoms with Crippen LogP contribution in [0.4, 0.5) is 0 Å². The zero-order valence-corrected chi connectivity index (χ0v) is 14.4. The van der Waals surface area contributed by atoms with Crippen molar-refractivity contribution >= 4 is 23.5 Å². The molecule has 1 aliphatic heterocycles. The molecule has 3 rings (SSSR count). The van der Waals surface area contributed by atoms with E-state index in [0.29, 0.717) is 29.4 Å². The molecule has 2 aromatic rings. The average molecular weight is 364 g/mol. The molecule has 1 aliphatic rings. The summed E-state index contributed by atoms with van der Waals surface area (Å²) >= 11 is 6.02. The molecule has 2 heterocycles. The van der Waals surface area contributed by atoms with Gasteiger partial charge in [0, 0.05) is 11.6 Å². The summed E-state index contributed by atoms with van der Waals surface area (Å²) in [6, 6.07) is 6.71. The van der Waals surface area contributed by atoms with Crippen molar-refractivity contribution in [3.05, 3.63) is 46.7 Å². The molecule has 25 heavy (non-hydrogen) atoms. The molecule has 0 radical (unpaired) electrons. The van der Waals surface area contributed by atoms with Crippen LogP contribution in [0.1, 0.15) is 22.5 Å². The van der Waals surface area contributed by atoms with Crippen LogP contribution in [0.2, 0.25) is 5.02 Å². The van der Waals surface area contributed by atoms with Gasteiger partial charge in [0.15, 0.2) is 0 Å². The van der Waals surface area contributed by atoms with Gasteiger partial charge in [-0.15, -0.1) is 0 Å². The maximum Gasteiger partial charge on any atom is 0.305 e. The Morgan fingerprint density at radius 3 is 2.96 bits per heavy atom. The highest BCUT2D eigenvalue weighted by molar-refractivity contribution is 6.30. The molecule has 1 amide bonds. The van der Waals surface area contributed by atoms with Crippen molar-refractivity contribution in [1.29, 1.82) is 0 Å². The molecule has 1 aromatic heterocycles. The fourth-order valence-corrected chi connectivity index (χ4v) is 3.12. The smallest absolute Gasteiger partial charge is 0.305 e. The van der Waals surface area contributed by atoms with E-state index in [2.05, 4.69) is 5.10 Å². The summed E-state index contributed by atoms with van der Waals surface area (Å²) in [6.45, 7) is 2.77. The number of benzene rings is 1. The van der Waals surface area contributed by atoms with Crippen LogP contribution in [-0.2, 0) is 9.53 Å². The Hall–Kier alpha value is -2.38. The number of hydrogen-bond acceptors (Lipinski definition) is 4. The number of hydrogen-bond donors (Lipinski definition) is 1. The maximum absolute atomic E-state index is 12.9. The van der Waals surface area contributed by atoms with Gasteiger partial charge in [-0.3, -0.25) is 9.59 Å². The summed E-state index contributed by atoms with van der Waals surface area (Å²) in [5, 5.41) is 13.9. The molecule has 1 N–H and O–H groups in total. The summed E-state index contributed by atoms with van der Waals surface area (Å²) in [6.07, 6.45) is 1.36. The number of carbonyl (C=O) groups is 2. The summed E-state index contributed by atoms with van der Waals surface area (Å²) in [5.74, 6) is -1.19. The van der Waals surface area contributed by atoms with Crippen LogP contribution in [0.15, 0.2) is 30.5 Å². The highest BCUT2D eigenvalue weighted by Gasteiger charge is 2.31. The first-order valence-corrected chi connectivity index (χ1v) is 8.26. The van der Waals surface area contributed by atoms with Gasteiger partial charge in [-0.1, -0.05) is 17.7 Å². The second-order valence-electron chi connectivity index (χ2n) is 5.86. The number of aliphatic carboxylic acids is 1. The van der Waals surface area contributed by atoms with Crippen LogP contribution in [0.5, 0.6) is 0 Å². The number of halogens is 1. The number of aromatic nitrogens is 2. The lowest BCUT2D eigenvalue weighted by molar-refractivity contribution is -0.139. The Labute approximate surface area is 149 Å². The van der Waals surface area contributed by atoms with Crippen LogP contribution >= 0.6 is 11.6 Å². The third-order valence-electron chi connectivity index (χ3n) is 4.19. The zero-order valence-electron chi connectivity index (χ0n) is 13.7. The van der Waals surface area contributed by atoms with E-state index in [4.69, 9.17) is 21.4 Å². The first kappa shape index (κ1) is 17.4. The fourth-order valence-electron chi connectivity index (χ4n) is 2.94. The van der Waals surface area contributed by atoms with E-state index < -0.39 is 12.0 Å². The Morgan fingerprint density at radius 2 is 2.24 bits per heavy atom. The van der Waals surface area contributed by atoms with Gasteiger partial charge < -0.3 is 14.7 Å². The van der Waals surface area contributed by atoms with Crippen molar-refractivity contribution in [2.24, 2.45) is 0 Å². The predicted molar refractivity (Wildman–Crippen MR) is 91.2 cm³/mol. The highest BCUT2D eigenvalue weighted by Crippen LogP contribution is 2.21. The van der Waals surface area contributed by atoms with Crippen LogP contribution < -0.4 is 0 Å². The van der Waals surface area contributed by atoms with E-state index in [-0.39, 0.29) is 18.9 Å². The molecular formula is C17H18ClN3O4. The van der Waals surface area contributed by atoms with E-state index in [9.17, 15) is 9.59 Å². The van der Waals surface area contributed by atoms with Gasteiger partial charge in [0.05, 0.1) is 48.8 Å². The van der Waals surface area contributed by atoms with Crippen molar-refractivity contribution in [3.63, 3.8) is 0 Å². The van der Waals surface area contributed by atoms with E-state index in [0.717, 1.165) is 5.69 Å². The molecule has 0 bridgehead atoms. The minimum atomic E-state index is -0.959. The topological polar surface area (TPSA) is 84.7 Å². The molecule has 1 unspecified atom stereocenters. The lowest BCUT2D eigenvalue weighted by atomic mass is 10.1. The van der Waals surface area contributed by atoms with Crippen LogP contribution in [0, 0.1) is 6.92 Å². The number of nitrogens with zero attached hydrogens (tertiary/aromatic N) is 3. The van der Waals surface area contributed by atoms with Crippen molar-refractivity contribution in [3.8, 4) is 5.69 Å². The van der Waals surface area contributed by atoms with Gasteiger partial charge >= 0.3 is 5.97 Å². The molecule has 0 saturated carbocycles. The normalized spacial score (nSPS) is 17.5. The largest absolute Gasteiger partial charge is 0.481 e. The Morgan fingerprint density at radius 1 is 1.44 bits per heavy atom. The average Bonchev–Trinajstić information content (AvgIpc) is 2.96. The molecule has 132 valence electrons. The Balaban J connectivity index is 1.88. The minimum Gasteiger partial charge on any atom is -0.481 e. The Kier molecular flexibility index (Phi) is 5.06. The van der Waals surface area contributed by atoms with Gasteiger partial charge in [0.25, 0.3) is 5.91 Å². The van der Waals surface area contributed by atoms with Crippen LogP contribution in [-0.4, -0.2) is 57.5 Å². The monoisotopic (exact) mass is 363 g/mol. The summed E-state index contributed by atoms with van der Waals surface area (Å²) < 4.78 is 6.97. The van der Waals surface area contributed by atoms with E-state index >= 15 is 0 Å². The number of ether oxygens (including phenoxy) is 1. The number of carboxylic acids is 1. The van der Waals surface area contributed by atoms with Gasteiger partial charge in [0.1, 0.15) is 0 Å². The first-order valence-electron chi connectivity index (χ1n) is 7.88. The molecule has 0 aliphatic carbocycles. The number of morpholine rings is 1. The van der Waals surface area contributed by atoms with Crippen molar-refractivity contribution < 1.29 is 19.4 Å². The van der Waals surface area contributed by atoms with Crippen LogP contribution in [0.3, 0.4) is 0 Å². The summed E-state index contributed by atoms with van der Waals surface area (Å²) in [7, 11) is 0. The van der Waals surface area contributed by atoms with Gasteiger partial charge in [-0.05, 0) is 25.1 Å². The lowest BCUT2D eigenvalue weighted by Crippen LogP contribution is -2.49. The van der Waals surface area contributed by atoms with Gasteiger partial charge in [-0.2, -0.15) is 5.10 Å². The molecule has 1 fully saturated rings. The van der Waals surface area contributed by atoms with Crippen molar-refractivity contribution in [2.75, 3.05) is 19.8 Å². The molecule has 1 saturated heterocycles. The fraction of sp³-hybridized carbons (Fsp3) is 0.353. The number of carboxylic acid groups (broad SMARTS) is 1. The highest BCUT2D eigenvalue weighted by atomic mass is 35.5. The predicted octanol–water partition coefficient (Wildman–Crippen LogP) is 2.15. The second kappa shape index (κ2) is 7.25. The number of amides is 1. The van der Waals surface area contributed by atoms with Gasteiger partial charge in [0.2, 0.25) is 0 Å². The summed E-state index contributed by atoms with van der Waals surface area (Å²) in [4.78, 5) is 25.5. The van der Waals surface area contributed by atoms with Crippen LogP contribution in [0.25, 0.3) is 5.69 Å².